The number of methoxy groups -OCH3 is 2. The quantitative estimate of drug-likeness (QED) is 0.262. The van der Waals surface area contributed by atoms with Crippen molar-refractivity contribution in [2.75, 3.05) is 37.7 Å². The van der Waals surface area contributed by atoms with Crippen molar-refractivity contribution in [3.05, 3.63) is 96.6 Å². The van der Waals surface area contributed by atoms with E-state index in [-0.39, 0.29) is 24.6 Å². The number of aromatic nitrogens is 2. The Labute approximate surface area is 238 Å². The number of nitrogens with one attached hydrogen (secondary N) is 2. The predicted molar refractivity (Wildman–Crippen MR) is 158 cm³/mol. The molecule has 9 nitrogen and oxygen atoms in total. The zero-order chi connectivity index (χ0) is 28.1. The zero-order valence-corrected chi connectivity index (χ0v) is 23.4. The van der Waals surface area contributed by atoms with Crippen molar-refractivity contribution >= 4 is 34.6 Å². The monoisotopic (exact) mass is 557 g/mol. The Kier molecular flexibility index (Phi) is 8.28. The third-order valence-corrected chi connectivity index (χ3v) is 6.93. The number of thiocarbonyl (C=S) groups is 1. The normalized spacial score (nSPS) is 16.5. The first-order valence-corrected chi connectivity index (χ1v) is 13.3. The summed E-state index contributed by atoms with van der Waals surface area (Å²) >= 11 is 5.91. The summed E-state index contributed by atoms with van der Waals surface area (Å²) in [6.45, 7) is 2.50. The fourth-order valence-corrected chi connectivity index (χ4v) is 5.28. The highest BCUT2D eigenvalue weighted by Crippen LogP contribution is 2.43. The van der Waals surface area contributed by atoms with Gasteiger partial charge < -0.3 is 34.3 Å². The van der Waals surface area contributed by atoms with Crippen LogP contribution in [-0.2, 0) is 9.53 Å². The van der Waals surface area contributed by atoms with E-state index in [4.69, 9.17) is 26.4 Å². The summed E-state index contributed by atoms with van der Waals surface area (Å²) in [7, 11) is 3.04. The van der Waals surface area contributed by atoms with Gasteiger partial charge in [0.1, 0.15) is 24.1 Å². The molecule has 3 heterocycles. The zero-order valence-electron chi connectivity index (χ0n) is 22.5. The van der Waals surface area contributed by atoms with E-state index < -0.39 is 0 Å². The lowest BCUT2D eigenvalue weighted by atomic mass is 10.0. The number of hydrogen-bond acceptors (Lipinski definition) is 6. The summed E-state index contributed by atoms with van der Waals surface area (Å²) in [6.07, 6.45) is 3.81. The van der Waals surface area contributed by atoms with Crippen LogP contribution in [0.3, 0.4) is 0 Å². The maximum atomic E-state index is 12.4. The first kappa shape index (κ1) is 27.2. The van der Waals surface area contributed by atoms with Gasteiger partial charge in [-0.25, -0.2) is 0 Å². The third-order valence-electron chi connectivity index (χ3n) is 6.62. The molecular weight excluding hydrogens is 526 g/mol. The number of rotatable bonds is 10. The lowest BCUT2D eigenvalue weighted by molar-refractivity contribution is -0.119. The highest BCUT2D eigenvalue weighted by atomic mass is 32.1. The van der Waals surface area contributed by atoms with Gasteiger partial charge in [-0.3, -0.25) is 9.78 Å². The molecule has 1 amide bonds. The largest absolute Gasteiger partial charge is 0.495 e. The first-order valence-electron chi connectivity index (χ1n) is 12.9. The van der Waals surface area contributed by atoms with Gasteiger partial charge in [-0.2, -0.15) is 0 Å². The minimum Gasteiger partial charge on any atom is -0.495 e. The van der Waals surface area contributed by atoms with E-state index in [2.05, 4.69) is 31.2 Å². The molecule has 1 aliphatic heterocycles. The van der Waals surface area contributed by atoms with Gasteiger partial charge in [0.15, 0.2) is 5.11 Å². The molecule has 2 atom stereocenters. The van der Waals surface area contributed by atoms with Gasteiger partial charge >= 0.3 is 0 Å². The van der Waals surface area contributed by atoms with E-state index in [0.29, 0.717) is 23.2 Å². The first-order chi connectivity index (χ1) is 19.5. The standard InChI is InChI=1S/C30H31N5O4S/c1-4-39-22-13-10-20(11-14-22)34-17-7-9-25(34)29-28(23-8-5-6-16-31-23)33-30(40)35(29)21-12-15-26(38-3)24(18-21)32-27(36)19-37-2/h5-18,28-29H,4,19H2,1-3H3,(H,32,36)(H,33,40). The van der Waals surface area contributed by atoms with Crippen molar-refractivity contribution in [1.29, 1.82) is 0 Å². The summed E-state index contributed by atoms with van der Waals surface area (Å²) in [5.41, 5.74) is 4.16. The SMILES string of the molecule is CCOc1ccc(-n2cccc2C2C(c3ccccn3)NC(=S)N2c2ccc(OC)c(NC(=O)COC)c2)cc1. The number of ether oxygens (including phenoxy) is 3. The van der Waals surface area contributed by atoms with Crippen molar-refractivity contribution < 1.29 is 19.0 Å². The summed E-state index contributed by atoms with van der Waals surface area (Å²) in [5, 5.41) is 6.91. The number of carbonyl (C=O) groups is 1. The van der Waals surface area contributed by atoms with E-state index >= 15 is 0 Å². The number of amides is 1. The van der Waals surface area contributed by atoms with E-state index in [1.165, 1.54) is 7.11 Å². The van der Waals surface area contributed by atoms with E-state index in [9.17, 15) is 4.79 Å². The number of anilines is 2. The molecule has 10 heteroatoms. The highest BCUT2D eigenvalue weighted by Gasteiger charge is 2.42. The van der Waals surface area contributed by atoms with Crippen LogP contribution in [-0.4, -0.2) is 48.0 Å². The minimum atomic E-state index is -0.285. The van der Waals surface area contributed by atoms with Crippen molar-refractivity contribution in [1.82, 2.24) is 14.9 Å². The number of hydrogen-bond donors (Lipinski definition) is 2. The Bertz CT molecular complexity index is 1480. The third kappa shape index (κ3) is 5.49. The molecule has 206 valence electrons. The van der Waals surface area contributed by atoms with Crippen LogP contribution >= 0.6 is 12.2 Å². The van der Waals surface area contributed by atoms with Gasteiger partial charge in [0.25, 0.3) is 0 Å². The second-order valence-electron chi connectivity index (χ2n) is 9.09. The molecule has 1 saturated heterocycles. The maximum absolute atomic E-state index is 12.4. The predicted octanol–water partition coefficient (Wildman–Crippen LogP) is 5.04. The molecule has 2 aromatic carbocycles. The van der Waals surface area contributed by atoms with Crippen LogP contribution in [0.2, 0.25) is 0 Å². The smallest absolute Gasteiger partial charge is 0.250 e. The Hall–Kier alpha value is -4.41. The Morgan fingerprint density at radius 2 is 1.85 bits per heavy atom. The average molecular weight is 558 g/mol. The molecule has 0 aliphatic carbocycles. The van der Waals surface area contributed by atoms with Crippen molar-refractivity contribution in [3.63, 3.8) is 0 Å². The van der Waals surface area contributed by atoms with Crippen molar-refractivity contribution in [2.24, 2.45) is 0 Å². The lowest BCUT2D eigenvalue weighted by Gasteiger charge is -2.29. The fourth-order valence-electron chi connectivity index (χ4n) is 4.93. The molecule has 0 spiro atoms. The van der Waals surface area contributed by atoms with Crippen molar-refractivity contribution in [2.45, 2.75) is 19.0 Å². The average Bonchev–Trinajstić information content (AvgIpc) is 3.58. The minimum absolute atomic E-state index is 0.0724. The van der Waals surface area contributed by atoms with Gasteiger partial charge in [0.05, 0.1) is 31.1 Å². The van der Waals surface area contributed by atoms with Crippen LogP contribution in [0.1, 0.15) is 30.4 Å². The summed E-state index contributed by atoms with van der Waals surface area (Å²) in [4.78, 5) is 19.1. The molecular formula is C30H31N5O4S. The van der Waals surface area contributed by atoms with E-state index in [1.54, 1.807) is 13.3 Å². The topological polar surface area (TPSA) is 89.9 Å². The van der Waals surface area contributed by atoms with E-state index in [0.717, 1.165) is 28.5 Å². The number of nitrogens with zero attached hydrogens (tertiary/aromatic N) is 3. The molecule has 0 radical (unpaired) electrons. The van der Waals surface area contributed by atoms with Crippen LogP contribution < -0.4 is 25.0 Å². The molecule has 2 unspecified atom stereocenters. The van der Waals surface area contributed by atoms with Gasteiger partial charge in [-0.05, 0) is 85.9 Å². The molecule has 2 N–H and O–H groups in total. The van der Waals surface area contributed by atoms with Gasteiger partial charge in [0.2, 0.25) is 5.91 Å². The fraction of sp³-hybridized carbons (Fsp3) is 0.233. The molecule has 1 aliphatic rings. The van der Waals surface area contributed by atoms with Crippen LogP contribution in [0.15, 0.2) is 85.2 Å². The molecule has 2 aromatic heterocycles. The Balaban J connectivity index is 1.60. The molecule has 1 fully saturated rings. The van der Waals surface area contributed by atoms with Gasteiger partial charge in [0, 0.05) is 36.6 Å². The number of pyridine rings is 1. The van der Waals surface area contributed by atoms with Crippen molar-refractivity contribution in [3.8, 4) is 17.2 Å². The second kappa shape index (κ2) is 12.2. The van der Waals surface area contributed by atoms with Crippen LogP contribution in [0.4, 0.5) is 11.4 Å². The summed E-state index contributed by atoms with van der Waals surface area (Å²) < 4.78 is 18.3. The second-order valence-corrected chi connectivity index (χ2v) is 9.48. The number of benzene rings is 2. The van der Waals surface area contributed by atoms with Crippen LogP contribution in [0.25, 0.3) is 5.69 Å². The molecule has 40 heavy (non-hydrogen) atoms. The molecule has 0 bridgehead atoms. The van der Waals surface area contributed by atoms with E-state index in [1.807, 2.05) is 79.9 Å². The molecule has 0 saturated carbocycles. The molecule has 4 aromatic rings. The number of carbonyl (C=O) groups excluding carboxylic acids is 1. The van der Waals surface area contributed by atoms with Crippen LogP contribution in [0.5, 0.6) is 11.5 Å². The maximum Gasteiger partial charge on any atom is 0.250 e. The van der Waals surface area contributed by atoms with Gasteiger partial charge in [-0.15, -0.1) is 0 Å². The summed E-state index contributed by atoms with van der Waals surface area (Å²) in [6, 6.07) is 23.1. The highest BCUT2D eigenvalue weighted by molar-refractivity contribution is 7.80. The van der Waals surface area contributed by atoms with Gasteiger partial charge in [-0.1, -0.05) is 6.07 Å². The lowest BCUT2D eigenvalue weighted by Crippen LogP contribution is -2.30. The van der Waals surface area contributed by atoms with Crippen LogP contribution in [0, 0.1) is 0 Å². The summed E-state index contributed by atoms with van der Waals surface area (Å²) in [5.74, 6) is 1.06. The molecule has 5 rings (SSSR count). The Morgan fingerprint density at radius 1 is 1.05 bits per heavy atom. The Morgan fingerprint density at radius 3 is 2.55 bits per heavy atom.